The van der Waals surface area contributed by atoms with Gasteiger partial charge in [0.15, 0.2) is 5.78 Å². The van der Waals surface area contributed by atoms with Gasteiger partial charge < -0.3 is 5.11 Å². The van der Waals surface area contributed by atoms with Gasteiger partial charge in [-0.2, -0.15) is 0 Å². The largest absolute Gasteiger partial charge is 0.395 e. The molecule has 1 aromatic carbocycles. The van der Waals surface area contributed by atoms with Crippen molar-refractivity contribution in [2.45, 2.75) is 12.8 Å². The van der Waals surface area contributed by atoms with Crippen LogP contribution in [-0.4, -0.2) is 17.5 Å². The first kappa shape index (κ1) is 10.9. The second-order valence-corrected chi connectivity index (χ2v) is 4.71. The molecule has 0 spiro atoms. The number of Topliss-reactive ketones (excluding diaryl/α,β-unsaturated/α-hetero) is 1. The zero-order valence-corrected chi connectivity index (χ0v) is 9.48. The van der Waals surface area contributed by atoms with Gasteiger partial charge in [0.1, 0.15) is 0 Å². The van der Waals surface area contributed by atoms with Gasteiger partial charge in [-0.1, -0.05) is 23.2 Å². The summed E-state index contributed by atoms with van der Waals surface area (Å²) in [5.74, 6) is -0.0384. The second kappa shape index (κ2) is 3.78. The van der Waals surface area contributed by atoms with Gasteiger partial charge >= 0.3 is 0 Å². The van der Waals surface area contributed by atoms with E-state index in [9.17, 15) is 4.79 Å². The van der Waals surface area contributed by atoms with Crippen LogP contribution in [0.1, 0.15) is 23.2 Å². The van der Waals surface area contributed by atoms with Crippen molar-refractivity contribution in [1.29, 1.82) is 0 Å². The maximum Gasteiger partial charge on any atom is 0.171 e. The van der Waals surface area contributed by atoms with Crippen LogP contribution in [0.2, 0.25) is 10.0 Å². The SMILES string of the molecule is O=C(c1ccc(Cl)c(Cl)c1)C1(CO)CC1. The molecule has 1 aromatic rings. The monoisotopic (exact) mass is 244 g/mol. The summed E-state index contributed by atoms with van der Waals surface area (Å²) in [5, 5.41) is 9.94. The van der Waals surface area contributed by atoms with Crippen molar-refractivity contribution < 1.29 is 9.90 Å². The van der Waals surface area contributed by atoms with Crippen LogP contribution in [0, 0.1) is 5.41 Å². The van der Waals surface area contributed by atoms with Crippen LogP contribution in [0.25, 0.3) is 0 Å². The zero-order valence-electron chi connectivity index (χ0n) is 7.96. The van der Waals surface area contributed by atoms with Gasteiger partial charge in [0.25, 0.3) is 0 Å². The minimum atomic E-state index is -0.544. The highest BCUT2D eigenvalue weighted by molar-refractivity contribution is 6.42. The number of aliphatic hydroxyl groups is 1. The third-order valence-electron chi connectivity index (χ3n) is 2.82. The quantitative estimate of drug-likeness (QED) is 0.831. The fourth-order valence-corrected chi connectivity index (χ4v) is 1.85. The highest BCUT2D eigenvalue weighted by atomic mass is 35.5. The molecule has 15 heavy (non-hydrogen) atoms. The zero-order chi connectivity index (χ0) is 11.1. The van der Waals surface area contributed by atoms with E-state index in [1.165, 1.54) is 0 Å². The minimum absolute atomic E-state index is 0.0384. The Hall–Kier alpha value is -0.570. The Labute approximate surface area is 97.8 Å². The Bertz CT molecular complexity index is 411. The summed E-state index contributed by atoms with van der Waals surface area (Å²) < 4.78 is 0. The predicted molar refractivity (Wildman–Crippen MR) is 59.5 cm³/mol. The molecule has 0 atom stereocenters. The molecule has 80 valence electrons. The smallest absolute Gasteiger partial charge is 0.171 e. The van der Waals surface area contributed by atoms with Gasteiger partial charge in [-0.05, 0) is 31.0 Å². The molecular weight excluding hydrogens is 235 g/mol. The Morgan fingerprint density at radius 3 is 2.47 bits per heavy atom. The average Bonchev–Trinajstić information content (AvgIpc) is 3.02. The summed E-state index contributed by atoms with van der Waals surface area (Å²) in [7, 11) is 0. The summed E-state index contributed by atoms with van der Waals surface area (Å²) in [6.07, 6.45) is 1.51. The molecule has 1 aliphatic carbocycles. The van der Waals surface area contributed by atoms with Gasteiger partial charge in [-0.15, -0.1) is 0 Å². The molecule has 0 aromatic heterocycles. The van der Waals surface area contributed by atoms with Crippen LogP contribution in [0.5, 0.6) is 0 Å². The standard InChI is InChI=1S/C11H10Cl2O2/c12-8-2-1-7(5-9(8)13)10(15)11(6-14)3-4-11/h1-2,5,14H,3-4,6H2. The molecule has 0 saturated heterocycles. The van der Waals surface area contributed by atoms with E-state index in [0.717, 1.165) is 12.8 Å². The van der Waals surface area contributed by atoms with Crippen molar-refractivity contribution in [2.24, 2.45) is 5.41 Å². The molecule has 0 amide bonds. The molecule has 0 unspecified atom stereocenters. The Morgan fingerprint density at radius 1 is 1.33 bits per heavy atom. The number of rotatable bonds is 3. The molecule has 2 nitrogen and oxygen atoms in total. The predicted octanol–water partition coefficient (Wildman–Crippen LogP) is 2.95. The van der Waals surface area contributed by atoms with E-state index in [2.05, 4.69) is 0 Å². The number of hydrogen-bond donors (Lipinski definition) is 1. The Morgan fingerprint density at radius 2 is 2.00 bits per heavy atom. The number of benzene rings is 1. The number of aliphatic hydroxyl groups excluding tert-OH is 1. The lowest BCUT2D eigenvalue weighted by Gasteiger charge is -2.10. The van der Waals surface area contributed by atoms with Crippen LogP contribution in [-0.2, 0) is 0 Å². The number of ketones is 1. The lowest BCUT2D eigenvalue weighted by molar-refractivity contribution is 0.0829. The van der Waals surface area contributed by atoms with Gasteiger partial charge in [0, 0.05) is 5.56 Å². The van der Waals surface area contributed by atoms with Gasteiger partial charge in [0.2, 0.25) is 0 Å². The van der Waals surface area contributed by atoms with Crippen LogP contribution in [0.15, 0.2) is 18.2 Å². The number of halogens is 2. The summed E-state index contributed by atoms with van der Waals surface area (Å²) in [6.45, 7) is -0.0912. The number of hydrogen-bond acceptors (Lipinski definition) is 2. The average molecular weight is 245 g/mol. The topological polar surface area (TPSA) is 37.3 Å². The molecule has 0 heterocycles. The van der Waals surface area contributed by atoms with Gasteiger partial charge in [-0.25, -0.2) is 0 Å². The highest BCUT2D eigenvalue weighted by Gasteiger charge is 2.49. The first-order valence-electron chi connectivity index (χ1n) is 4.70. The number of carbonyl (C=O) groups is 1. The molecule has 1 aliphatic rings. The van der Waals surface area contributed by atoms with Crippen molar-refractivity contribution >= 4 is 29.0 Å². The van der Waals surface area contributed by atoms with Crippen molar-refractivity contribution in [3.63, 3.8) is 0 Å². The van der Waals surface area contributed by atoms with Crippen molar-refractivity contribution in [3.8, 4) is 0 Å². The maximum absolute atomic E-state index is 12.0. The molecule has 0 radical (unpaired) electrons. The van der Waals surface area contributed by atoms with Crippen molar-refractivity contribution in [3.05, 3.63) is 33.8 Å². The van der Waals surface area contributed by atoms with E-state index in [4.69, 9.17) is 28.3 Å². The van der Waals surface area contributed by atoms with E-state index >= 15 is 0 Å². The molecule has 1 N–H and O–H groups in total. The lowest BCUT2D eigenvalue weighted by atomic mass is 9.96. The highest BCUT2D eigenvalue weighted by Crippen LogP contribution is 2.47. The molecule has 1 saturated carbocycles. The van der Waals surface area contributed by atoms with E-state index in [1.54, 1.807) is 18.2 Å². The van der Waals surface area contributed by atoms with Gasteiger partial charge in [0.05, 0.1) is 22.1 Å². The number of carbonyl (C=O) groups excluding carboxylic acids is 1. The molecule has 1 fully saturated rings. The van der Waals surface area contributed by atoms with Crippen molar-refractivity contribution in [2.75, 3.05) is 6.61 Å². The summed E-state index contributed by atoms with van der Waals surface area (Å²) in [5.41, 5.74) is -0.0205. The van der Waals surface area contributed by atoms with E-state index in [0.29, 0.717) is 15.6 Å². The van der Waals surface area contributed by atoms with E-state index in [-0.39, 0.29) is 12.4 Å². The third kappa shape index (κ3) is 1.89. The van der Waals surface area contributed by atoms with Crippen LogP contribution in [0.3, 0.4) is 0 Å². The first-order chi connectivity index (χ1) is 7.09. The van der Waals surface area contributed by atoms with E-state index < -0.39 is 5.41 Å². The maximum atomic E-state index is 12.0. The first-order valence-corrected chi connectivity index (χ1v) is 5.45. The third-order valence-corrected chi connectivity index (χ3v) is 3.56. The molecule has 0 bridgehead atoms. The molecular formula is C11H10Cl2O2. The fourth-order valence-electron chi connectivity index (χ4n) is 1.55. The molecule has 2 rings (SSSR count). The summed E-state index contributed by atoms with van der Waals surface area (Å²) in [6, 6.07) is 4.80. The second-order valence-electron chi connectivity index (χ2n) is 3.90. The van der Waals surface area contributed by atoms with Crippen LogP contribution >= 0.6 is 23.2 Å². The van der Waals surface area contributed by atoms with E-state index in [1.807, 2.05) is 0 Å². The minimum Gasteiger partial charge on any atom is -0.395 e. The summed E-state index contributed by atoms with van der Waals surface area (Å²) in [4.78, 5) is 12.0. The molecule has 0 aliphatic heterocycles. The Balaban J connectivity index is 2.30. The van der Waals surface area contributed by atoms with Crippen LogP contribution in [0.4, 0.5) is 0 Å². The fraction of sp³-hybridized carbons (Fsp3) is 0.364. The van der Waals surface area contributed by atoms with Gasteiger partial charge in [-0.3, -0.25) is 4.79 Å². The lowest BCUT2D eigenvalue weighted by Crippen LogP contribution is -2.19. The van der Waals surface area contributed by atoms with Crippen molar-refractivity contribution in [1.82, 2.24) is 0 Å². The summed E-state index contributed by atoms with van der Waals surface area (Å²) >= 11 is 11.6. The normalized spacial score (nSPS) is 17.5. The molecule has 4 heteroatoms. The Kier molecular flexibility index (Phi) is 2.75. The van der Waals surface area contributed by atoms with Crippen LogP contribution < -0.4 is 0 Å².